The van der Waals surface area contributed by atoms with E-state index in [1.165, 1.54) is 4.88 Å². The molecule has 2 aromatic rings. The van der Waals surface area contributed by atoms with Gasteiger partial charge >= 0.3 is 0 Å². The van der Waals surface area contributed by atoms with Gasteiger partial charge in [0, 0.05) is 36.6 Å². The van der Waals surface area contributed by atoms with E-state index in [1.807, 2.05) is 23.6 Å². The monoisotopic (exact) mass is 403 g/mol. The molecule has 7 nitrogen and oxygen atoms in total. The van der Waals surface area contributed by atoms with Crippen LogP contribution in [0, 0.1) is 0 Å². The molecule has 3 rings (SSSR count). The number of piperazine rings is 1. The molecule has 1 aromatic carbocycles. The molecular weight excluding hydrogens is 378 g/mol. The molecule has 2 heterocycles. The van der Waals surface area contributed by atoms with Gasteiger partial charge in [-0.1, -0.05) is 6.07 Å². The molecule has 1 fully saturated rings. The summed E-state index contributed by atoms with van der Waals surface area (Å²) in [6.45, 7) is 2.31. The molecule has 0 spiro atoms. The number of benzene rings is 1. The third-order valence-corrected chi connectivity index (χ3v) is 5.58. The van der Waals surface area contributed by atoms with E-state index in [9.17, 15) is 9.59 Å². The Bertz CT molecular complexity index is 810. The lowest BCUT2D eigenvalue weighted by atomic mass is 10.1. The number of methoxy groups -OCH3 is 2. The van der Waals surface area contributed by atoms with Gasteiger partial charge in [-0.2, -0.15) is 0 Å². The van der Waals surface area contributed by atoms with Crippen LogP contribution in [-0.2, 0) is 22.7 Å². The summed E-state index contributed by atoms with van der Waals surface area (Å²) in [4.78, 5) is 28.2. The van der Waals surface area contributed by atoms with Gasteiger partial charge in [0.25, 0.3) is 0 Å². The summed E-state index contributed by atoms with van der Waals surface area (Å²) >= 11 is 1.65. The number of hydrogen-bond donors (Lipinski definition) is 2. The number of hydrogen-bond acceptors (Lipinski definition) is 6. The molecule has 0 aliphatic carbocycles. The smallest absolute Gasteiger partial charge is 0.237 e. The van der Waals surface area contributed by atoms with Crippen molar-refractivity contribution < 1.29 is 19.1 Å². The highest BCUT2D eigenvalue weighted by Gasteiger charge is 2.31. The first kappa shape index (κ1) is 20.2. The van der Waals surface area contributed by atoms with Crippen molar-refractivity contribution in [2.45, 2.75) is 25.6 Å². The number of nitrogens with one attached hydrogen (secondary N) is 2. The molecule has 150 valence electrons. The maximum absolute atomic E-state index is 12.5. The van der Waals surface area contributed by atoms with Crippen LogP contribution in [0.3, 0.4) is 0 Å². The minimum Gasteiger partial charge on any atom is -0.497 e. The molecule has 1 aliphatic heterocycles. The van der Waals surface area contributed by atoms with E-state index in [-0.39, 0.29) is 18.2 Å². The molecule has 28 heavy (non-hydrogen) atoms. The Morgan fingerprint density at radius 2 is 2.18 bits per heavy atom. The van der Waals surface area contributed by atoms with Crippen LogP contribution in [-0.4, -0.2) is 50.1 Å². The first-order valence-corrected chi connectivity index (χ1v) is 10.0. The molecule has 1 atom stereocenters. The van der Waals surface area contributed by atoms with Crippen molar-refractivity contribution in [3.05, 3.63) is 46.2 Å². The first-order chi connectivity index (χ1) is 13.6. The second kappa shape index (κ2) is 9.57. The summed E-state index contributed by atoms with van der Waals surface area (Å²) < 4.78 is 10.6. The highest BCUT2D eigenvalue weighted by Crippen LogP contribution is 2.24. The second-order valence-corrected chi connectivity index (χ2v) is 7.55. The van der Waals surface area contributed by atoms with Gasteiger partial charge in [-0.15, -0.1) is 11.3 Å². The maximum Gasteiger partial charge on any atom is 0.237 e. The summed E-state index contributed by atoms with van der Waals surface area (Å²) in [5, 5.41) is 7.77. The number of carbonyl (C=O) groups excluding carboxylic acids is 2. The first-order valence-electron chi connectivity index (χ1n) is 9.12. The Balaban J connectivity index is 1.61. The molecule has 2 N–H and O–H groups in total. The zero-order valence-electron chi connectivity index (χ0n) is 16.1. The molecule has 1 aromatic heterocycles. The van der Waals surface area contributed by atoms with Gasteiger partial charge in [-0.25, -0.2) is 0 Å². The molecule has 0 saturated carbocycles. The molecule has 1 unspecified atom stereocenters. The topological polar surface area (TPSA) is 79.9 Å². The second-order valence-electron chi connectivity index (χ2n) is 6.52. The third-order valence-electron chi connectivity index (χ3n) is 4.72. The number of rotatable bonds is 8. The minimum absolute atomic E-state index is 0.100. The molecule has 2 amide bonds. The zero-order chi connectivity index (χ0) is 19.9. The molecule has 1 aliphatic rings. The Morgan fingerprint density at radius 1 is 1.32 bits per heavy atom. The summed E-state index contributed by atoms with van der Waals surface area (Å²) in [5.41, 5.74) is 0.818. The van der Waals surface area contributed by atoms with Crippen molar-refractivity contribution >= 4 is 23.2 Å². The number of nitrogens with zero attached hydrogens (tertiary/aromatic N) is 1. The molecule has 1 saturated heterocycles. The fraction of sp³-hybridized carbons (Fsp3) is 0.400. The number of amides is 2. The van der Waals surface area contributed by atoms with Gasteiger partial charge < -0.3 is 20.1 Å². The van der Waals surface area contributed by atoms with Crippen molar-refractivity contribution in [3.63, 3.8) is 0 Å². The quantitative estimate of drug-likeness (QED) is 0.702. The number of ether oxygens (including phenoxy) is 2. The van der Waals surface area contributed by atoms with Crippen LogP contribution in [0.15, 0.2) is 35.7 Å². The van der Waals surface area contributed by atoms with Gasteiger partial charge in [0.15, 0.2) is 0 Å². The molecule has 0 bridgehead atoms. The van der Waals surface area contributed by atoms with Crippen LogP contribution in [0.5, 0.6) is 11.5 Å². The lowest BCUT2D eigenvalue weighted by Crippen LogP contribution is -2.56. The lowest BCUT2D eigenvalue weighted by Gasteiger charge is -2.34. The largest absolute Gasteiger partial charge is 0.497 e. The fourth-order valence-electron chi connectivity index (χ4n) is 3.24. The standard InChI is InChI=1S/C20H25N3O4S/c1-26-15-5-6-18(27-2)14(10-15)12-22-19(24)11-17-20(25)21-7-8-23(17)13-16-4-3-9-28-16/h3-6,9-10,17H,7-8,11-13H2,1-2H3,(H,21,25)(H,22,24). The summed E-state index contributed by atoms with van der Waals surface area (Å²) in [6.07, 6.45) is 0.115. The van der Waals surface area contributed by atoms with E-state index in [1.54, 1.807) is 37.7 Å². The number of thiophene rings is 1. The normalized spacial score (nSPS) is 17.1. The Labute approximate surface area is 168 Å². The van der Waals surface area contributed by atoms with Crippen molar-refractivity contribution in [3.8, 4) is 11.5 Å². The van der Waals surface area contributed by atoms with Crippen LogP contribution >= 0.6 is 11.3 Å². The van der Waals surface area contributed by atoms with Crippen molar-refractivity contribution in [2.75, 3.05) is 27.3 Å². The average molecular weight is 404 g/mol. The fourth-order valence-corrected chi connectivity index (χ4v) is 3.97. The SMILES string of the molecule is COc1ccc(OC)c(CNC(=O)CC2C(=O)NCCN2Cc2cccs2)c1. The van der Waals surface area contributed by atoms with E-state index in [4.69, 9.17) is 9.47 Å². The molecule has 8 heteroatoms. The maximum atomic E-state index is 12.5. The molecular formula is C20H25N3O4S. The predicted molar refractivity (Wildman–Crippen MR) is 108 cm³/mol. The van der Waals surface area contributed by atoms with Crippen LogP contribution in [0.1, 0.15) is 16.9 Å². The van der Waals surface area contributed by atoms with Crippen LogP contribution in [0.4, 0.5) is 0 Å². The van der Waals surface area contributed by atoms with Gasteiger partial charge in [-0.05, 0) is 29.6 Å². The van der Waals surface area contributed by atoms with Crippen LogP contribution in [0.25, 0.3) is 0 Å². The minimum atomic E-state index is -0.469. The van der Waals surface area contributed by atoms with Crippen molar-refractivity contribution in [1.82, 2.24) is 15.5 Å². The van der Waals surface area contributed by atoms with Gasteiger partial charge in [-0.3, -0.25) is 14.5 Å². The van der Waals surface area contributed by atoms with E-state index >= 15 is 0 Å². The Morgan fingerprint density at radius 3 is 2.89 bits per heavy atom. The zero-order valence-corrected chi connectivity index (χ0v) is 16.9. The van der Waals surface area contributed by atoms with E-state index in [0.29, 0.717) is 31.1 Å². The van der Waals surface area contributed by atoms with Crippen molar-refractivity contribution in [1.29, 1.82) is 0 Å². The summed E-state index contributed by atoms with van der Waals surface area (Å²) in [7, 11) is 3.18. The van der Waals surface area contributed by atoms with E-state index in [2.05, 4.69) is 15.5 Å². The highest BCUT2D eigenvalue weighted by molar-refractivity contribution is 7.09. The van der Waals surface area contributed by atoms with Gasteiger partial charge in [0.05, 0.1) is 26.7 Å². The summed E-state index contributed by atoms with van der Waals surface area (Å²) in [5.74, 6) is 1.09. The predicted octanol–water partition coefficient (Wildman–Crippen LogP) is 1.77. The van der Waals surface area contributed by atoms with E-state index < -0.39 is 6.04 Å². The lowest BCUT2D eigenvalue weighted by molar-refractivity contribution is -0.134. The Kier molecular flexibility index (Phi) is 6.89. The Hall–Kier alpha value is -2.58. The van der Waals surface area contributed by atoms with Crippen LogP contribution in [0.2, 0.25) is 0 Å². The van der Waals surface area contributed by atoms with Crippen LogP contribution < -0.4 is 20.1 Å². The number of carbonyl (C=O) groups is 2. The van der Waals surface area contributed by atoms with Crippen molar-refractivity contribution in [2.24, 2.45) is 0 Å². The van der Waals surface area contributed by atoms with Gasteiger partial charge in [0.1, 0.15) is 11.5 Å². The third kappa shape index (κ3) is 5.02. The average Bonchev–Trinajstić information content (AvgIpc) is 3.22. The highest BCUT2D eigenvalue weighted by atomic mass is 32.1. The molecule has 0 radical (unpaired) electrons. The van der Waals surface area contributed by atoms with E-state index in [0.717, 1.165) is 12.1 Å². The van der Waals surface area contributed by atoms with Gasteiger partial charge in [0.2, 0.25) is 11.8 Å². The summed E-state index contributed by atoms with van der Waals surface area (Å²) in [6, 6.07) is 9.01.